The number of rotatable bonds is 10. The molecule has 7 heteroatoms. The molecule has 0 aromatic heterocycles. The van der Waals surface area contributed by atoms with Crippen LogP contribution in [0.5, 0.6) is 5.75 Å². The number of imide groups is 1. The molecule has 0 bridgehead atoms. The number of nitrogens with zero attached hydrogens (tertiary/aromatic N) is 1. The zero-order valence-corrected chi connectivity index (χ0v) is 21.8. The Morgan fingerprint density at radius 1 is 1.05 bits per heavy atom. The van der Waals surface area contributed by atoms with E-state index in [1.165, 1.54) is 4.90 Å². The highest BCUT2D eigenvalue weighted by atomic mass is 16.5. The number of aliphatic hydroxyl groups is 1. The lowest BCUT2D eigenvalue weighted by Gasteiger charge is -2.37. The molecule has 2 aromatic rings. The van der Waals surface area contributed by atoms with Crippen LogP contribution >= 0.6 is 0 Å². The Labute approximate surface area is 223 Å². The summed E-state index contributed by atoms with van der Waals surface area (Å²) in [6.07, 6.45) is 6.26. The summed E-state index contributed by atoms with van der Waals surface area (Å²) in [5, 5.41) is 11.0. The van der Waals surface area contributed by atoms with E-state index < -0.39 is 17.9 Å². The summed E-state index contributed by atoms with van der Waals surface area (Å²) in [5.41, 5.74) is 2.64. The van der Waals surface area contributed by atoms with Gasteiger partial charge in [0.25, 0.3) is 0 Å². The second-order valence-electron chi connectivity index (χ2n) is 10.1. The number of aliphatic hydroxyl groups excluding tert-OH is 1. The number of allylic oxidation sites excluding steroid dienone is 2. The van der Waals surface area contributed by atoms with E-state index in [1.54, 1.807) is 7.11 Å². The number of amides is 2. The van der Waals surface area contributed by atoms with Gasteiger partial charge in [0, 0.05) is 25.0 Å². The number of hydrogen-bond acceptors (Lipinski definition) is 6. The smallest absolute Gasteiger partial charge is 0.237 e. The van der Waals surface area contributed by atoms with Crippen LogP contribution in [0.3, 0.4) is 0 Å². The van der Waals surface area contributed by atoms with Gasteiger partial charge in [0.2, 0.25) is 11.8 Å². The molecule has 1 N–H and O–H groups in total. The highest BCUT2D eigenvalue weighted by Crippen LogP contribution is 2.46. The third kappa shape index (κ3) is 5.69. The average Bonchev–Trinajstić information content (AvgIpc) is 3.18. The van der Waals surface area contributed by atoms with Crippen molar-refractivity contribution in [2.24, 2.45) is 11.8 Å². The maximum Gasteiger partial charge on any atom is 0.237 e. The van der Waals surface area contributed by atoms with Crippen LogP contribution in [0, 0.1) is 11.8 Å². The molecule has 1 aliphatic carbocycles. The van der Waals surface area contributed by atoms with Gasteiger partial charge in [0.1, 0.15) is 11.9 Å². The van der Waals surface area contributed by atoms with Gasteiger partial charge in [-0.1, -0.05) is 48.5 Å². The van der Waals surface area contributed by atoms with E-state index >= 15 is 0 Å². The van der Waals surface area contributed by atoms with Crippen LogP contribution in [0.15, 0.2) is 78.1 Å². The highest BCUT2D eigenvalue weighted by Gasteiger charge is 2.54. The van der Waals surface area contributed by atoms with Crippen LogP contribution in [-0.2, 0) is 32.2 Å². The van der Waals surface area contributed by atoms with Crippen molar-refractivity contribution in [3.63, 3.8) is 0 Å². The van der Waals surface area contributed by atoms with E-state index in [2.05, 4.69) is 6.08 Å². The maximum absolute atomic E-state index is 13.3. The molecule has 2 aliphatic heterocycles. The zero-order chi connectivity index (χ0) is 26.5. The Morgan fingerprint density at radius 2 is 1.84 bits per heavy atom. The lowest BCUT2D eigenvalue weighted by molar-refractivity contribution is -0.140. The molecule has 3 aliphatic rings. The predicted molar refractivity (Wildman–Crippen MR) is 142 cm³/mol. The van der Waals surface area contributed by atoms with Gasteiger partial charge in [-0.25, -0.2) is 0 Å². The molecular formula is C31H35NO6. The summed E-state index contributed by atoms with van der Waals surface area (Å²) < 4.78 is 17.1. The number of benzene rings is 2. The molecule has 1 saturated heterocycles. The van der Waals surface area contributed by atoms with Crippen molar-refractivity contribution < 1.29 is 28.9 Å². The summed E-state index contributed by atoms with van der Waals surface area (Å²) in [5.74, 6) is 0.135. The van der Waals surface area contributed by atoms with Crippen molar-refractivity contribution >= 4 is 11.8 Å². The minimum Gasteiger partial charge on any atom is -0.497 e. The minimum atomic E-state index is -0.789. The maximum atomic E-state index is 13.3. The Kier molecular flexibility index (Phi) is 8.25. The molecule has 38 heavy (non-hydrogen) atoms. The summed E-state index contributed by atoms with van der Waals surface area (Å²) in [6.45, 7) is 1.48. The fourth-order valence-corrected chi connectivity index (χ4v) is 5.64. The number of likely N-dealkylation sites (tertiary alicyclic amines) is 1. The first-order chi connectivity index (χ1) is 18.5. The van der Waals surface area contributed by atoms with Crippen LogP contribution < -0.4 is 4.74 Å². The van der Waals surface area contributed by atoms with E-state index in [4.69, 9.17) is 14.2 Å². The predicted octanol–water partition coefficient (Wildman–Crippen LogP) is 4.55. The fraction of sp³-hybridized carbons (Fsp3) is 0.419. The Bertz CT molecular complexity index is 1190. The second-order valence-corrected chi connectivity index (χ2v) is 10.1. The number of methoxy groups -OCH3 is 1. The van der Waals surface area contributed by atoms with Crippen molar-refractivity contribution in [1.29, 1.82) is 0 Å². The van der Waals surface area contributed by atoms with Gasteiger partial charge in [-0.15, -0.1) is 0 Å². The molecule has 2 aromatic carbocycles. The molecule has 2 heterocycles. The second kappa shape index (κ2) is 12.0. The molecule has 5 rings (SSSR count). The van der Waals surface area contributed by atoms with Gasteiger partial charge in [-0.05, 0) is 48.6 Å². The number of hydrogen-bond donors (Lipinski definition) is 1. The number of fused-ring (bicyclic) bond motifs is 2. The molecule has 0 unspecified atom stereocenters. The number of unbranched alkanes of at least 4 members (excludes halogenated alkanes) is 1. The standard InChI is InChI=1S/C31H35NO6/c1-36-23-13-11-22(12-14-23)20-37-17-7-3-6-10-24-18-26(33)29-27(38-24)16-15-25-28(29)31(35)32(30(25)34)19-21-8-4-2-5-9-21/h2,4-6,8-14,24-26,28,33H,3,7,15-20H2,1H3/b10-6+/t24-,25-,26+,28-/m1/s1. The lowest BCUT2D eigenvalue weighted by Crippen LogP contribution is -2.38. The number of carbonyl (C=O) groups is 2. The van der Waals surface area contributed by atoms with Gasteiger partial charge < -0.3 is 19.3 Å². The van der Waals surface area contributed by atoms with Crippen molar-refractivity contribution in [2.45, 2.75) is 57.5 Å². The largest absolute Gasteiger partial charge is 0.497 e. The monoisotopic (exact) mass is 517 g/mol. The molecule has 0 radical (unpaired) electrons. The summed E-state index contributed by atoms with van der Waals surface area (Å²) in [7, 11) is 1.65. The molecular weight excluding hydrogens is 482 g/mol. The first kappa shape index (κ1) is 26.2. The Hall–Kier alpha value is -3.42. The van der Waals surface area contributed by atoms with Crippen molar-refractivity contribution in [3.8, 4) is 5.75 Å². The van der Waals surface area contributed by atoms with Gasteiger partial charge in [0.05, 0.1) is 44.0 Å². The normalized spacial score (nSPS) is 24.9. The first-order valence-electron chi connectivity index (χ1n) is 13.4. The van der Waals surface area contributed by atoms with Crippen LogP contribution in [-0.4, -0.2) is 47.7 Å². The highest BCUT2D eigenvalue weighted by molar-refractivity contribution is 6.06. The van der Waals surface area contributed by atoms with Gasteiger partial charge >= 0.3 is 0 Å². The minimum absolute atomic E-state index is 0.140. The van der Waals surface area contributed by atoms with E-state index in [-0.39, 0.29) is 24.5 Å². The summed E-state index contributed by atoms with van der Waals surface area (Å²) in [6, 6.07) is 17.4. The average molecular weight is 518 g/mol. The zero-order valence-electron chi connectivity index (χ0n) is 21.8. The summed E-state index contributed by atoms with van der Waals surface area (Å²) in [4.78, 5) is 27.8. The van der Waals surface area contributed by atoms with Gasteiger partial charge in [-0.3, -0.25) is 14.5 Å². The quantitative estimate of drug-likeness (QED) is 0.283. The third-order valence-corrected chi connectivity index (χ3v) is 7.59. The summed E-state index contributed by atoms with van der Waals surface area (Å²) >= 11 is 0. The molecule has 1 fully saturated rings. The molecule has 4 atom stereocenters. The van der Waals surface area contributed by atoms with Crippen LogP contribution in [0.2, 0.25) is 0 Å². The number of carbonyl (C=O) groups excluding carboxylic acids is 2. The van der Waals surface area contributed by atoms with Crippen LogP contribution in [0.1, 0.15) is 43.2 Å². The lowest BCUT2D eigenvalue weighted by atomic mass is 9.75. The third-order valence-electron chi connectivity index (χ3n) is 7.59. The topological polar surface area (TPSA) is 85.3 Å². The molecule has 200 valence electrons. The van der Waals surface area contributed by atoms with Crippen molar-refractivity contribution in [1.82, 2.24) is 4.90 Å². The van der Waals surface area contributed by atoms with Crippen molar-refractivity contribution in [3.05, 3.63) is 89.2 Å². The van der Waals surface area contributed by atoms with Crippen LogP contribution in [0.4, 0.5) is 0 Å². The Morgan fingerprint density at radius 3 is 2.61 bits per heavy atom. The molecule has 7 nitrogen and oxygen atoms in total. The van der Waals surface area contributed by atoms with Crippen molar-refractivity contribution in [2.75, 3.05) is 13.7 Å². The molecule has 0 spiro atoms. The van der Waals surface area contributed by atoms with Gasteiger partial charge in [0.15, 0.2) is 0 Å². The number of ether oxygens (including phenoxy) is 3. The first-order valence-corrected chi connectivity index (χ1v) is 13.4. The van der Waals surface area contributed by atoms with Gasteiger partial charge in [-0.2, -0.15) is 0 Å². The van der Waals surface area contributed by atoms with E-state index in [0.29, 0.717) is 43.8 Å². The molecule has 2 amide bonds. The van der Waals surface area contributed by atoms with E-state index in [0.717, 1.165) is 29.7 Å². The fourth-order valence-electron chi connectivity index (χ4n) is 5.64. The van der Waals surface area contributed by atoms with Crippen LogP contribution in [0.25, 0.3) is 0 Å². The van der Waals surface area contributed by atoms with E-state index in [1.807, 2.05) is 60.7 Å². The Balaban J connectivity index is 1.12. The SMILES string of the molecule is COc1ccc(COCCC/C=C/[C@@H]2C[C@H](O)C3=C(CC[C@H]4C(=O)N(Cc5ccccc5)C(=O)[C@@H]34)O2)cc1. The molecule has 0 saturated carbocycles. The van der Waals surface area contributed by atoms with E-state index in [9.17, 15) is 14.7 Å².